The Hall–Kier alpha value is -1.47. The number of hydrogen-bond acceptors (Lipinski definition) is 4. The van der Waals surface area contributed by atoms with Crippen molar-refractivity contribution in [2.75, 3.05) is 0 Å². The monoisotopic (exact) mass is 239 g/mol. The first-order valence-corrected chi connectivity index (χ1v) is 5.28. The van der Waals surface area contributed by atoms with Crippen molar-refractivity contribution in [2.45, 2.75) is 12.2 Å². The Kier molecular flexibility index (Phi) is 1.84. The number of thiocarbonyl (C=S) groups is 1. The summed E-state index contributed by atoms with van der Waals surface area (Å²) in [6.45, 7) is 0. The minimum Gasteiger partial charge on any atom is -0.375 e. The van der Waals surface area contributed by atoms with E-state index in [1.807, 2.05) is 12.2 Å². The van der Waals surface area contributed by atoms with E-state index in [1.54, 1.807) is 0 Å². The standard InChI is InChI=1S/C9H9N3O3S/c10-9(16)11-12-7(13)5-3-1-2-4(15-3)6(5)8(12)14/h1-6H,(H3,10,11,16)/t3-,4+,5-,6+. The molecule has 3 aliphatic rings. The van der Waals surface area contributed by atoms with Crippen molar-refractivity contribution in [3.63, 3.8) is 0 Å². The maximum Gasteiger partial charge on any atom is 0.255 e. The number of fused-ring (bicyclic) bond motifs is 5. The van der Waals surface area contributed by atoms with Gasteiger partial charge in [-0.15, -0.1) is 0 Å². The van der Waals surface area contributed by atoms with Crippen molar-refractivity contribution in [3.8, 4) is 0 Å². The number of imide groups is 1. The Morgan fingerprint density at radius 3 is 2.25 bits per heavy atom. The van der Waals surface area contributed by atoms with E-state index >= 15 is 0 Å². The van der Waals surface area contributed by atoms with Gasteiger partial charge in [-0.2, -0.15) is 5.01 Å². The number of nitrogens with two attached hydrogens (primary N) is 1. The summed E-state index contributed by atoms with van der Waals surface area (Å²) in [6, 6.07) is 0. The Bertz CT molecular complexity index is 406. The van der Waals surface area contributed by atoms with Gasteiger partial charge in [0.25, 0.3) is 11.8 Å². The Balaban J connectivity index is 1.91. The summed E-state index contributed by atoms with van der Waals surface area (Å²) >= 11 is 4.62. The van der Waals surface area contributed by atoms with Gasteiger partial charge in [0.15, 0.2) is 5.11 Å². The molecule has 16 heavy (non-hydrogen) atoms. The van der Waals surface area contributed by atoms with Gasteiger partial charge in [0, 0.05) is 0 Å². The van der Waals surface area contributed by atoms with E-state index in [1.165, 1.54) is 0 Å². The fraction of sp³-hybridized carbons (Fsp3) is 0.444. The molecule has 0 radical (unpaired) electrons. The van der Waals surface area contributed by atoms with E-state index in [0.717, 1.165) is 5.01 Å². The van der Waals surface area contributed by atoms with Crippen LogP contribution in [0.3, 0.4) is 0 Å². The second-order valence-electron chi connectivity index (χ2n) is 3.99. The van der Waals surface area contributed by atoms with Crippen molar-refractivity contribution >= 4 is 29.1 Å². The minimum atomic E-state index is -0.427. The van der Waals surface area contributed by atoms with E-state index in [0.29, 0.717) is 0 Å². The van der Waals surface area contributed by atoms with E-state index in [4.69, 9.17) is 10.5 Å². The zero-order chi connectivity index (χ0) is 11.4. The summed E-state index contributed by atoms with van der Waals surface area (Å²) in [5, 5.41) is 0.815. The van der Waals surface area contributed by atoms with Gasteiger partial charge in [0.1, 0.15) is 0 Å². The highest BCUT2D eigenvalue weighted by atomic mass is 32.1. The number of carbonyl (C=O) groups excluding carboxylic acids is 2. The predicted octanol–water partition coefficient (Wildman–Crippen LogP) is -1.33. The van der Waals surface area contributed by atoms with Gasteiger partial charge in [-0.3, -0.25) is 15.0 Å². The van der Waals surface area contributed by atoms with Gasteiger partial charge in [-0.05, 0) is 12.2 Å². The van der Waals surface area contributed by atoms with Gasteiger partial charge >= 0.3 is 0 Å². The molecule has 7 heteroatoms. The molecule has 4 atom stereocenters. The lowest BCUT2D eigenvalue weighted by molar-refractivity contribution is -0.144. The summed E-state index contributed by atoms with van der Waals surface area (Å²) in [4.78, 5) is 23.9. The van der Waals surface area contributed by atoms with Gasteiger partial charge in [-0.1, -0.05) is 12.2 Å². The highest BCUT2D eigenvalue weighted by Gasteiger charge is 2.61. The van der Waals surface area contributed by atoms with Crippen LogP contribution in [-0.4, -0.2) is 34.1 Å². The third-order valence-electron chi connectivity index (χ3n) is 3.13. The molecule has 0 saturated carbocycles. The Labute approximate surface area is 96.4 Å². The fourth-order valence-corrected chi connectivity index (χ4v) is 2.62. The number of ether oxygens (including phenoxy) is 1. The summed E-state index contributed by atoms with van der Waals surface area (Å²) in [7, 11) is 0. The smallest absolute Gasteiger partial charge is 0.255 e. The molecule has 3 aliphatic heterocycles. The maximum atomic E-state index is 11.9. The zero-order valence-electron chi connectivity index (χ0n) is 8.12. The lowest BCUT2D eigenvalue weighted by Gasteiger charge is -2.17. The lowest BCUT2D eigenvalue weighted by Crippen LogP contribution is -2.49. The van der Waals surface area contributed by atoms with E-state index < -0.39 is 11.8 Å². The highest BCUT2D eigenvalue weighted by Crippen LogP contribution is 2.44. The number of hydrogen-bond donors (Lipinski definition) is 2. The van der Waals surface area contributed by atoms with Crippen LogP contribution >= 0.6 is 12.2 Å². The van der Waals surface area contributed by atoms with Gasteiger partial charge in [0.05, 0.1) is 24.0 Å². The number of rotatable bonds is 1. The number of hydrazine groups is 1. The summed E-state index contributed by atoms with van der Waals surface area (Å²) < 4.78 is 5.46. The summed E-state index contributed by atoms with van der Waals surface area (Å²) in [5.74, 6) is -1.49. The van der Waals surface area contributed by atoms with Crippen molar-refractivity contribution in [1.82, 2.24) is 10.4 Å². The van der Waals surface area contributed by atoms with Crippen LogP contribution in [0.15, 0.2) is 12.2 Å². The molecule has 0 unspecified atom stereocenters. The lowest BCUT2D eigenvalue weighted by atomic mass is 9.85. The van der Waals surface area contributed by atoms with Crippen LogP contribution in [0.1, 0.15) is 0 Å². The number of nitrogens with one attached hydrogen (secondary N) is 1. The molecular weight excluding hydrogens is 230 g/mol. The third-order valence-corrected chi connectivity index (χ3v) is 3.22. The number of carbonyl (C=O) groups is 2. The van der Waals surface area contributed by atoms with Gasteiger partial charge in [-0.25, -0.2) is 0 Å². The van der Waals surface area contributed by atoms with Gasteiger partial charge < -0.3 is 10.5 Å². The quantitative estimate of drug-likeness (QED) is 0.335. The maximum absolute atomic E-state index is 11.9. The average molecular weight is 239 g/mol. The van der Waals surface area contributed by atoms with E-state index in [-0.39, 0.29) is 29.1 Å². The third kappa shape index (κ3) is 1.07. The molecule has 0 aliphatic carbocycles. The normalized spacial score (nSPS) is 39.4. The second kappa shape index (κ2) is 3.02. The molecule has 2 saturated heterocycles. The van der Waals surface area contributed by atoms with Crippen LogP contribution in [0.5, 0.6) is 0 Å². The molecule has 6 nitrogen and oxygen atoms in total. The first-order chi connectivity index (χ1) is 7.59. The number of nitrogens with zero attached hydrogens (tertiary/aromatic N) is 1. The fourth-order valence-electron chi connectivity index (χ4n) is 2.52. The zero-order valence-corrected chi connectivity index (χ0v) is 8.94. The van der Waals surface area contributed by atoms with Crippen molar-refractivity contribution in [2.24, 2.45) is 17.6 Å². The predicted molar refractivity (Wildman–Crippen MR) is 56.6 cm³/mol. The van der Waals surface area contributed by atoms with Crippen LogP contribution in [0.2, 0.25) is 0 Å². The molecule has 2 bridgehead atoms. The summed E-state index contributed by atoms with van der Waals surface area (Å²) in [6.07, 6.45) is 3.07. The molecular formula is C9H9N3O3S. The largest absolute Gasteiger partial charge is 0.375 e. The first kappa shape index (κ1) is 9.73. The molecule has 84 valence electrons. The van der Waals surface area contributed by atoms with Crippen LogP contribution < -0.4 is 11.2 Å². The van der Waals surface area contributed by atoms with E-state index in [9.17, 15) is 9.59 Å². The van der Waals surface area contributed by atoms with Crippen LogP contribution in [0.25, 0.3) is 0 Å². The molecule has 0 aromatic carbocycles. The summed E-state index contributed by atoms with van der Waals surface area (Å²) in [5.41, 5.74) is 7.66. The molecule has 0 spiro atoms. The topological polar surface area (TPSA) is 84.7 Å². The molecule has 2 amide bonds. The van der Waals surface area contributed by atoms with Crippen molar-refractivity contribution in [3.05, 3.63) is 12.2 Å². The molecule has 2 fully saturated rings. The minimum absolute atomic E-state index is 0.0945. The molecule has 3 rings (SSSR count). The van der Waals surface area contributed by atoms with Crippen LogP contribution in [-0.2, 0) is 14.3 Å². The van der Waals surface area contributed by atoms with Crippen LogP contribution in [0, 0.1) is 11.8 Å². The number of amides is 2. The van der Waals surface area contributed by atoms with Crippen LogP contribution in [0.4, 0.5) is 0 Å². The first-order valence-electron chi connectivity index (χ1n) is 4.87. The SMILES string of the molecule is NC(=S)NN1C(=O)[C@@H]2[C@H](C1=O)[C@H]1C=C[C@@H]2O1. The average Bonchev–Trinajstić information content (AvgIpc) is 2.87. The molecule has 3 heterocycles. The van der Waals surface area contributed by atoms with Crippen molar-refractivity contribution < 1.29 is 14.3 Å². The second-order valence-corrected chi connectivity index (χ2v) is 4.43. The van der Waals surface area contributed by atoms with Crippen molar-refractivity contribution in [1.29, 1.82) is 0 Å². The van der Waals surface area contributed by atoms with E-state index in [2.05, 4.69) is 17.6 Å². The Morgan fingerprint density at radius 1 is 1.31 bits per heavy atom. The molecule has 0 aromatic rings. The molecule has 3 N–H and O–H groups in total. The van der Waals surface area contributed by atoms with Gasteiger partial charge in [0.2, 0.25) is 0 Å². The molecule has 0 aromatic heterocycles. The highest BCUT2D eigenvalue weighted by molar-refractivity contribution is 7.80. The Morgan fingerprint density at radius 2 is 1.81 bits per heavy atom.